The van der Waals surface area contributed by atoms with Gasteiger partial charge in [0, 0.05) is 19.2 Å². The van der Waals surface area contributed by atoms with Gasteiger partial charge < -0.3 is 14.2 Å². The molecule has 32 heavy (non-hydrogen) atoms. The van der Waals surface area contributed by atoms with E-state index in [0.717, 1.165) is 12.8 Å². The molecular formula is C19H21F4N5O4. The molecule has 1 aliphatic rings. The molecule has 0 N–H and O–H groups in total. The maximum absolute atomic E-state index is 14.6. The first-order valence-corrected chi connectivity index (χ1v) is 9.92. The summed E-state index contributed by atoms with van der Waals surface area (Å²) in [7, 11) is 0. The van der Waals surface area contributed by atoms with Crippen LogP contribution < -0.4 is 10.4 Å². The van der Waals surface area contributed by atoms with E-state index in [0.29, 0.717) is 30.7 Å². The molecule has 13 heteroatoms. The van der Waals surface area contributed by atoms with Crippen LogP contribution in [0.25, 0.3) is 5.82 Å². The average Bonchev–Trinajstić information content (AvgIpc) is 3.08. The zero-order valence-electron chi connectivity index (χ0n) is 17.4. The molecule has 0 spiro atoms. The van der Waals surface area contributed by atoms with Crippen LogP contribution in [0.2, 0.25) is 0 Å². The molecule has 0 saturated carbocycles. The van der Waals surface area contributed by atoms with Gasteiger partial charge in [-0.25, -0.2) is 9.18 Å². The van der Waals surface area contributed by atoms with Crippen LogP contribution in [0, 0.1) is 17.1 Å². The van der Waals surface area contributed by atoms with Crippen LogP contribution in [0.3, 0.4) is 0 Å². The van der Waals surface area contributed by atoms with Crippen LogP contribution >= 0.6 is 0 Å². The quantitative estimate of drug-likeness (QED) is 0.587. The predicted molar refractivity (Wildman–Crippen MR) is 100 cm³/mol. The molecule has 1 saturated heterocycles. The molecule has 0 bridgehead atoms. The van der Waals surface area contributed by atoms with Gasteiger partial charge in [0.15, 0.2) is 29.9 Å². The highest BCUT2D eigenvalue weighted by Gasteiger charge is 2.39. The van der Waals surface area contributed by atoms with Crippen molar-refractivity contribution in [2.45, 2.75) is 64.8 Å². The predicted octanol–water partition coefficient (Wildman–Crippen LogP) is 2.83. The fourth-order valence-corrected chi connectivity index (χ4v) is 3.03. The zero-order valence-corrected chi connectivity index (χ0v) is 17.4. The molecule has 0 amide bonds. The minimum absolute atomic E-state index is 0.104. The maximum atomic E-state index is 14.6. The molecule has 2 aromatic heterocycles. The van der Waals surface area contributed by atoms with E-state index in [9.17, 15) is 22.4 Å². The van der Waals surface area contributed by atoms with Gasteiger partial charge >= 0.3 is 11.9 Å². The minimum Gasteiger partial charge on any atom is -0.464 e. The molecule has 3 rings (SSSR count). The van der Waals surface area contributed by atoms with Gasteiger partial charge in [-0.2, -0.15) is 28.1 Å². The summed E-state index contributed by atoms with van der Waals surface area (Å²) in [6.45, 7) is 3.00. The molecule has 2 atom stereocenters. The monoisotopic (exact) mass is 459 g/mol. The second-order valence-electron chi connectivity index (χ2n) is 7.02. The Morgan fingerprint density at radius 1 is 1.41 bits per heavy atom. The fourth-order valence-electron chi connectivity index (χ4n) is 3.03. The van der Waals surface area contributed by atoms with Crippen LogP contribution in [0.5, 0.6) is 5.88 Å². The Kier molecular flexibility index (Phi) is 7.15. The largest absolute Gasteiger partial charge is 0.464 e. The summed E-state index contributed by atoms with van der Waals surface area (Å²) >= 11 is 0. The van der Waals surface area contributed by atoms with Crippen molar-refractivity contribution in [3.8, 4) is 17.8 Å². The maximum Gasteiger partial charge on any atom is 0.425 e. The second kappa shape index (κ2) is 9.66. The Balaban J connectivity index is 1.96. The van der Waals surface area contributed by atoms with E-state index in [1.807, 2.05) is 0 Å². The number of alkyl halides is 3. The van der Waals surface area contributed by atoms with Gasteiger partial charge in [-0.1, -0.05) is 0 Å². The zero-order chi connectivity index (χ0) is 23.5. The van der Waals surface area contributed by atoms with Crippen molar-refractivity contribution in [3.63, 3.8) is 0 Å². The minimum atomic E-state index is -4.74. The van der Waals surface area contributed by atoms with Crippen molar-refractivity contribution < 1.29 is 31.8 Å². The van der Waals surface area contributed by atoms with E-state index >= 15 is 0 Å². The van der Waals surface area contributed by atoms with E-state index in [-0.39, 0.29) is 19.0 Å². The van der Waals surface area contributed by atoms with Gasteiger partial charge in [0.05, 0.1) is 0 Å². The smallest absolute Gasteiger partial charge is 0.425 e. The summed E-state index contributed by atoms with van der Waals surface area (Å²) in [4.78, 5) is 16.4. The molecule has 1 fully saturated rings. The number of rotatable bonds is 7. The van der Waals surface area contributed by atoms with Gasteiger partial charge in [0.2, 0.25) is 5.88 Å². The van der Waals surface area contributed by atoms with E-state index in [1.54, 1.807) is 6.92 Å². The molecule has 1 unspecified atom stereocenters. The van der Waals surface area contributed by atoms with Crippen molar-refractivity contribution in [2.24, 2.45) is 0 Å². The number of hydrogen-bond donors (Lipinski definition) is 0. The van der Waals surface area contributed by atoms with Gasteiger partial charge in [0.25, 0.3) is 0 Å². The van der Waals surface area contributed by atoms with E-state index in [2.05, 4.69) is 10.1 Å². The first-order chi connectivity index (χ1) is 15.2. The lowest BCUT2D eigenvalue weighted by Gasteiger charge is -2.22. The Morgan fingerprint density at radius 3 is 2.75 bits per heavy atom. The summed E-state index contributed by atoms with van der Waals surface area (Å²) < 4.78 is 70.9. The summed E-state index contributed by atoms with van der Waals surface area (Å²) in [6.07, 6.45) is -4.97. The van der Waals surface area contributed by atoms with Gasteiger partial charge in [0.1, 0.15) is 18.2 Å². The second-order valence-corrected chi connectivity index (χ2v) is 7.02. The molecule has 3 heterocycles. The molecule has 2 aromatic rings. The number of nitriles is 1. The number of hydrogen-bond acceptors (Lipinski definition) is 7. The highest BCUT2D eigenvalue weighted by molar-refractivity contribution is 5.43. The van der Waals surface area contributed by atoms with Gasteiger partial charge in [-0.05, 0) is 33.1 Å². The Labute approximate surface area is 180 Å². The van der Waals surface area contributed by atoms with E-state index < -0.39 is 47.3 Å². The molecule has 0 aliphatic carbocycles. The Hall–Kier alpha value is -2.98. The first-order valence-electron chi connectivity index (χ1n) is 9.92. The highest BCUT2D eigenvalue weighted by atomic mass is 19.4. The normalized spacial score (nSPS) is 17.7. The van der Waals surface area contributed by atoms with Crippen molar-refractivity contribution >= 4 is 0 Å². The standard InChI is InChI=1S/C19H21F4N5O4/c1-3-27-14(10-31-15-6-4-5-7-30-15)26-28(18(27)29)16-13(20)8-12(9-24)17(25-16)32-11(2)19(21,22)23/h8,11,15H,3-7,10H2,1-2H3/t11-,15?/m0/s1. The van der Waals surface area contributed by atoms with Crippen LogP contribution in [-0.2, 0) is 22.6 Å². The van der Waals surface area contributed by atoms with Crippen molar-refractivity contribution in [1.82, 2.24) is 19.3 Å². The number of pyridine rings is 1. The number of nitrogens with zero attached hydrogens (tertiary/aromatic N) is 5. The lowest BCUT2D eigenvalue weighted by atomic mass is 10.2. The van der Waals surface area contributed by atoms with Gasteiger partial charge in [-0.3, -0.25) is 4.57 Å². The third-order valence-electron chi connectivity index (χ3n) is 4.78. The van der Waals surface area contributed by atoms with Crippen molar-refractivity contribution in [1.29, 1.82) is 5.26 Å². The number of ether oxygens (including phenoxy) is 3. The summed E-state index contributed by atoms with van der Waals surface area (Å²) in [5.41, 5.74) is -1.33. The summed E-state index contributed by atoms with van der Waals surface area (Å²) in [5, 5.41) is 13.2. The molecule has 0 radical (unpaired) electrons. The molecule has 174 valence electrons. The summed E-state index contributed by atoms with van der Waals surface area (Å²) in [5.74, 6) is -2.43. The molecular weight excluding hydrogens is 438 g/mol. The molecule has 0 aromatic carbocycles. The van der Waals surface area contributed by atoms with E-state index in [1.165, 1.54) is 10.6 Å². The first kappa shape index (κ1) is 23.7. The van der Waals surface area contributed by atoms with E-state index in [4.69, 9.17) is 19.5 Å². The fraction of sp³-hybridized carbons (Fsp3) is 0.579. The van der Waals surface area contributed by atoms with Crippen LogP contribution in [-0.4, -0.2) is 44.5 Å². The lowest BCUT2D eigenvalue weighted by molar-refractivity contribution is -0.190. The SMILES string of the molecule is CCn1c(COC2CCCCO2)nn(-c2nc(O[C@@H](C)C(F)(F)F)c(C#N)cc2F)c1=O. The third-order valence-corrected chi connectivity index (χ3v) is 4.78. The number of aromatic nitrogens is 4. The Morgan fingerprint density at radius 2 is 2.16 bits per heavy atom. The van der Waals surface area contributed by atoms with Crippen LogP contribution in [0.1, 0.15) is 44.5 Å². The summed E-state index contributed by atoms with van der Waals surface area (Å²) in [6, 6.07) is 2.17. The lowest BCUT2D eigenvalue weighted by Crippen LogP contribution is -2.32. The van der Waals surface area contributed by atoms with Crippen LogP contribution in [0.4, 0.5) is 17.6 Å². The van der Waals surface area contributed by atoms with Gasteiger partial charge in [-0.15, -0.1) is 5.10 Å². The molecule has 1 aliphatic heterocycles. The average molecular weight is 459 g/mol. The third kappa shape index (κ3) is 5.08. The highest BCUT2D eigenvalue weighted by Crippen LogP contribution is 2.27. The Bertz CT molecular complexity index is 1050. The van der Waals surface area contributed by atoms with Crippen molar-refractivity contribution in [2.75, 3.05) is 6.61 Å². The van der Waals surface area contributed by atoms with Crippen LogP contribution in [0.15, 0.2) is 10.9 Å². The molecule has 9 nitrogen and oxygen atoms in total. The topological polar surface area (TPSA) is 104 Å². The number of halogens is 4. The van der Waals surface area contributed by atoms with Crippen molar-refractivity contribution in [3.05, 3.63) is 33.8 Å².